The van der Waals surface area contributed by atoms with E-state index in [-0.39, 0.29) is 5.91 Å². The van der Waals surface area contributed by atoms with Gasteiger partial charge in [-0.15, -0.1) is 0 Å². The Morgan fingerprint density at radius 2 is 2.00 bits per heavy atom. The van der Waals surface area contributed by atoms with Gasteiger partial charge in [0.2, 0.25) is 5.91 Å². The number of rotatable bonds is 2. The van der Waals surface area contributed by atoms with Gasteiger partial charge in [-0.3, -0.25) is 4.79 Å². The summed E-state index contributed by atoms with van der Waals surface area (Å²) in [5.74, 6) is 0.208. The lowest BCUT2D eigenvalue weighted by Gasteiger charge is -2.15. The van der Waals surface area contributed by atoms with Crippen LogP contribution >= 0.6 is 11.6 Å². The van der Waals surface area contributed by atoms with Gasteiger partial charge in [0.1, 0.15) is 0 Å². The largest absolute Gasteiger partial charge is 0.338 e. The fraction of sp³-hybridized carbons (Fsp3) is 0.273. The highest BCUT2D eigenvalue weighted by Crippen LogP contribution is 2.15. The minimum atomic E-state index is 0.208. The highest BCUT2D eigenvalue weighted by atomic mass is 35.5. The Kier molecular flexibility index (Phi) is 2.73. The highest BCUT2D eigenvalue weighted by Gasteiger charge is 2.19. The van der Waals surface area contributed by atoms with E-state index in [1.54, 1.807) is 0 Å². The molecule has 1 aromatic rings. The van der Waals surface area contributed by atoms with Crippen molar-refractivity contribution in [1.29, 1.82) is 0 Å². The summed E-state index contributed by atoms with van der Waals surface area (Å²) in [6.07, 6.45) is 2.58. The second-order valence-electron chi connectivity index (χ2n) is 3.39. The molecule has 0 bridgehead atoms. The van der Waals surface area contributed by atoms with Gasteiger partial charge in [0, 0.05) is 24.5 Å². The SMILES string of the molecule is O=C1C[CH]CN1Cc1ccc(Cl)cc1. The zero-order chi connectivity index (χ0) is 9.97. The molecule has 1 aliphatic rings. The fourth-order valence-electron chi connectivity index (χ4n) is 1.54. The van der Waals surface area contributed by atoms with Gasteiger partial charge in [0.15, 0.2) is 0 Å². The topological polar surface area (TPSA) is 20.3 Å². The Balaban J connectivity index is 2.03. The molecule has 1 aliphatic heterocycles. The van der Waals surface area contributed by atoms with Crippen LogP contribution in [0.25, 0.3) is 0 Å². The second kappa shape index (κ2) is 4.01. The molecule has 14 heavy (non-hydrogen) atoms. The van der Waals surface area contributed by atoms with Crippen molar-refractivity contribution in [1.82, 2.24) is 4.90 Å². The van der Waals surface area contributed by atoms with Crippen molar-refractivity contribution in [2.45, 2.75) is 13.0 Å². The third-order valence-electron chi connectivity index (χ3n) is 2.31. The Morgan fingerprint density at radius 1 is 1.29 bits per heavy atom. The van der Waals surface area contributed by atoms with Gasteiger partial charge in [0.25, 0.3) is 0 Å². The molecule has 1 fully saturated rings. The van der Waals surface area contributed by atoms with Crippen molar-refractivity contribution in [3.8, 4) is 0 Å². The quantitative estimate of drug-likeness (QED) is 0.730. The van der Waals surface area contributed by atoms with E-state index in [4.69, 9.17) is 11.6 Å². The van der Waals surface area contributed by atoms with E-state index in [0.29, 0.717) is 13.0 Å². The van der Waals surface area contributed by atoms with Crippen LogP contribution in [0.4, 0.5) is 0 Å². The molecule has 73 valence electrons. The molecule has 1 saturated heterocycles. The molecule has 0 spiro atoms. The van der Waals surface area contributed by atoms with Crippen molar-refractivity contribution in [2.24, 2.45) is 0 Å². The Labute approximate surface area is 88.5 Å². The van der Waals surface area contributed by atoms with Gasteiger partial charge in [0.05, 0.1) is 0 Å². The number of carbonyl (C=O) groups is 1. The Bertz CT molecular complexity index is 334. The third kappa shape index (κ3) is 2.07. The van der Waals surface area contributed by atoms with Crippen LogP contribution in [0.3, 0.4) is 0 Å². The Morgan fingerprint density at radius 3 is 2.57 bits per heavy atom. The molecule has 1 radical (unpaired) electrons. The number of amides is 1. The van der Waals surface area contributed by atoms with E-state index < -0.39 is 0 Å². The number of halogens is 1. The lowest BCUT2D eigenvalue weighted by molar-refractivity contribution is -0.128. The monoisotopic (exact) mass is 208 g/mol. The number of hydrogen-bond donors (Lipinski definition) is 0. The van der Waals surface area contributed by atoms with Crippen LogP contribution in [0.2, 0.25) is 5.02 Å². The van der Waals surface area contributed by atoms with Crippen molar-refractivity contribution in [3.05, 3.63) is 41.3 Å². The lowest BCUT2D eigenvalue weighted by Crippen LogP contribution is -2.23. The van der Waals surface area contributed by atoms with Gasteiger partial charge >= 0.3 is 0 Å². The first-order valence-corrected chi connectivity index (χ1v) is 4.97. The average Bonchev–Trinajstić information content (AvgIpc) is 2.56. The van der Waals surface area contributed by atoms with E-state index >= 15 is 0 Å². The summed E-state index contributed by atoms with van der Waals surface area (Å²) < 4.78 is 0. The van der Waals surface area contributed by atoms with Crippen LogP contribution in [0.15, 0.2) is 24.3 Å². The van der Waals surface area contributed by atoms with E-state index in [1.165, 1.54) is 0 Å². The zero-order valence-corrected chi connectivity index (χ0v) is 8.50. The maximum absolute atomic E-state index is 11.3. The number of benzene rings is 1. The first-order chi connectivity index (χ1) is 6.75. The molecule has 2 rings (SSSR count). The zero-order valence-electron chi connectivity index (χ0n) is 7.74. The van der Waals surface area contributed by atoms with Crippen LogP contribution in [0, 0.1) is 6.42 Å². The van der Waals surface area contributed by atoms with E-state index in [0.717, 1.165) is 17.1 Å². The van der Waals surface area contributed by atoms with Gasteiger partial charge in [-0.05, 0) is 24.1 Å². The fourth-order valence-corrected chi connectivity index (χ4v) is 1.66. The molecule has 0 aliphatic carbocycles. The van der Waals surface area contributed by atoms with Crippen molar-refractivity contribution >= 4 is 17.5 Å². The van der Waals surface area contributed by atoms with Gasteiger partial charge in [-0.2, -0.15) is 0 Å². The molecule has 0 aromatic heterocycles. The normalized spacial score (nSPS) is 16.4. The first kappa shape index (κ1) is 9.53. The Hall–Kier alpha value is -1.02. The van der Waals surface area contributed by atoms with Crippen LogP contribution in [0.1, 0.15) is 12.0 Å². The minimum Gasteiger partial charge on any atom is -0.338 e. The molecule has 3 heteroatoms. The lowest BCUT2D eigenvalue weighted by atomic mass is 10.2. The van der Waals surface area contributed by atoms with Crippen LogP contribution in [-0.2, 0) is 11.3 Å². The van der Waals surface area contributed by atoms with E-state index in [2.05, 4.69) is 0 Å². The summed E-state index contributed by atoms with van der Waals surface area (Å²) in [6.45, 7) is 1.45. The molecule has 0 atom stereocenters. The summed E-state index contributed by atoms with van der Waals surface area (Å²) in [7, 11) is 0. The summed E-state index contributed by atoms with van der Waals surface area (Å²) >= 11 is 5.77. The van der Waals surface area contributed by atoms with E-state index in [1.807, 2.05) is 35.6 Å². The highest BCUT2D eigenvalue weighted by molar-refractivity contribution is 6.30. The number of carbonyl (C=O) groups excluding carboxylic acids is 1. The van der Waals surface area contributed by atoms with Gasteiger partial charge in [-0.25, -0.2) is 0 Å². The molecule has 0 N–H and O–H groups in total. The summed E-state index contributed by atoms with van der Waals surface area (Å²) in [6, 6.07) is 7.60. The number of nitrogens with zero attached hydrogens (tertiary/aromatic N) is 1. The molecular weight excluding hydrogens is 198 g/mol. The summed E-state index contributed by atoms with van der Waals surface area (Å²) in [4.78, 5) is 13.2. The van der Waals surface area contributed by atoms with Crippen LogP contribution < -0.4 is 0 Å². The average molecular weight is 209 g/mol. The predicted octanol–water partition coefficient (Wildman–Crippen LogP) is 2.28. The second-order valence-corrected chi connectivity index (χ2v) is 3.83. The maximum atomic E-state index is 11.3. The molecule has 1 heterocycles. The summed E-state index contributed by atoms with van der Waals surface area (Å²) in [5.41, 5.74) is 1.12. The maximum Gasteiger partial charge on any atom is 0.223 e. The molecular formula is C11H11ClNO. The number of hydrogen-bond acceptors (Lipinski definition) is 1. The van der Waals surface area contributed by atoms with Crippen LogP contribution in [0.5, 0.6) is 0 Å². The summed E-state index contributed by atoms with van der Waals surface area (Å²) in [5, 5.41) is 0.730. The van der Waals surface area contributed by atoms with Crippen molar-refractivity contribution in [3.63, 3.8) is 0 Å². The van der Waals surface area contributed by atoms with Gasteiger partial charge in [-0.1, -0.05) is 23.7 Å². The predicted molar refractivity (Wildman–Crippen MR) is 55.8 cm³/mol. The minimum absolute atomic E-state index is 0.208. The number of likely N-dealkylation sites (tertiary alicyclic amines) is 1. The van der Waals surface area contributed by atoms with Crippen molar-refractivity contribution in [2.75, 3.05) is 6.54 Å². The third-order valence-corrected chi connectivity index (χ3v) is 2.56. The van der Waals surface area contributed by atoms with E-state index in [9.17, 15) is 4.79 Å². The van der Waals surface area contributed by atoms with Crippen LogP contribution in [-0.4, -0.2) is 17.4 Å². The first-order valence-electron chi connectivity index (χ1n) is 4.59. The molecule has 1 amide bonds. The molecule has 0 saturated carbocycles. The van der Waals surface area contributed by atoms with Gasteiger partial charge < -0.3 is 4.90 Å². The molecule has 0 unspecified atom stereocenters. The molecule has 1 aromatic carbocycles. The molecule has 2 nitrogen and oxygen atoms in total. The van der Waals surface area contributed by atoms with Crippen molar-refractivity contribution < 1.29 is 4.79 Å². The standard InChI is InChI=1S/C11H11ClNO/c12-10-5-3-9(4-6-10)8-13-7-1-2-11(13)14/h1,3-6H,2,7-8H2. The smallest absolute Gasteiger partial charge is 0.223 e.